The first-order valence-electron chi connectivity index (χ1n) is 17.3. The topological polar surface area (TPSA) is 178 Å². The zero-order chi connectivity index (χ0) is 34.3. The van der Waals surface area contributed by atoms with Gasteiger partial charge in [-0.05, 0) is 73.3 Å². The van der Waals surface area contributed by atoms with E-state index in [4.69, 9.17) is 10.5 Å². The molecular weight excluding hydrogens is 610 g/mol. The second-order valence-electron chi connectivity index (χ2n) is 13.8. The molecule has 10 heteroatoms. The van der Waals surface area contributed by atoms with E-state index in [2.05, 4.69) is 10.3 Å². The number of carbonyl (C=O) groups excluding carboxylic acids is 2. The van der Waals surface area contributed by atoms with Crippen molar-refractivity contribution in [2.45, 2.75) is 82.7 Å². The quantitative estimate of drug-likeness (QED) is 0.131. The molecule has 5 rings (SSSR count). The van der Waals surface area contributed by atoms with Gasteiger partial charge in [0.25, 0.3) is 0 Å². The lowest BCUT2D eigenvalue weighted by atomic mass is 9.61. The Morgan fingerprint density at radius 2 is 1.90 bits per heavy atom. The van der Waals surface area contributed by atoms with Crippen LogP contribution in [0.1, 0.15) is 80.5 Å². The van der Waals surface area contributed by atoms with Gasteiger partial charge in [0.2, 0.25) is 0 Å². The minimum absolute atomic E-state index is 0.0609. The number of hydrogen-bond donors (Lipinski definition) is 7. The molecule has 1 aliphatic heterocycles. The summed E-state index contributed by atoms with van der Waals surface area (Å²) in [7, 11) is 1.46. The zero-order valence-electron chi connectivity index (χ0n) is 27.9. The number of aromatic amines is 1. The number of ketones is 2. The highest BCUT2D eigenvalue weighted by atomic mass is 16.5. The number of aliphatic hydroxyl groups excluding tert-OH is 3. The molecule has 0 amide bonds. The third-order valence-electron chi connectivity index (χ3n) is 10.6. The number of nitrogens with two attached hydrogens (primary N) is 1. The lowest BCUT2D eigenvalue weighted by Gasteiger charge is -2.43. The number of H-pyrrole nitrogens is 1. The van der Waals surface area contributed by atoms with Crippen molar-refractivity contribution in [3.05, 3.63) is 82.5 Å². The van der Waals surface area contributed by atoms with Gasteiger partial charge in [0, 0.05) is 60.4 Å². The number of aliphatic hydroxyl groups is 3. The minimum Gasteiger partial charge on any atom is -0.504 e. The maximum absolute atomic E-state index is 13.0. The van der Waals surface area contributed by atoms with Crippen molar-refractivity contribution in [1.82, 2.24) is 10.3 Å². The fourth-order valence-electron chi connectivity index (χ4n) is 8.02. The maximum atomic E-state index is 13.0. The van der Waals surface area contributed by atoms with Crippen molar-refractivity contribution >= 4 is 11.6 Å². The second kappa shape index (κ2) is 16.0. The van der Waals surface area contributed by atoms with E-state index in [1.54, 1.807) is 6.07 Å². The summed E-state index contributed by atoms with van der Waals surface area (Å²) in [6.07, 6.45) is 13.6. The van der Waals surface area contributed by atoms with Crippen molar-refractivity contribution in [2.24, 2.45) is 23.0 Å². The Labute approximate surface area is 282 Å². The first kappa shape index (κ1) is 35.4. The van der Waals surface area contributed by atoms with Crippen molar-refractivity contribution < 1.29 is 34.8 Å². The number of phenols is 1. The van der Waals surface area contributed by atoms with E-state index in [9.17, 15) is 30.0 Å². The second-order valence-corrected chi connectivity index (χ2v) is 13.8. The van der Waals surface area contributed by atoms with Crippen LogP contribution in [-0.2, 0) is 22.4 Å². The van der Waals surface area contributed by atoms with Gasteiger partial charge in [0.1, 0.15) is 5.82 Å². The molecule has 1 fully saturated rings. The number of methoxy groups -OCH3 is 1. The Bertz CT molecular complexity index is 1530. The smallest absolute Gasteiger partial charge is 0.170 e. The van der Waals surface area contributed by atoms with E-state index >= 15 is 0 Å². The minimum atomic E-state index is -1.67. The SMILES string of the molecule is COc1cc(CCC(=O)[C@H](O)C(=O)CCC[C@H]2CCC[C@H](CCO)C2)cc([C@@H]2C3=CCNC(N)=C3C=C[C@@]2(CO)Cc2ccc[nH]2)c1O. The molecule has 260 valence electrons. The highest BCUT2D eigenvalue weighted by molar-refractivity contribution is 6.05. The average molecular weight is 662 g/mol. The van der Waals surface area contributed by atoms with E-state index in [-0.39, 0.29) is 44.0 Å². The van der Waals surface area contributed by atoms with Crippen LogP contribution >= 0.6 is 0 Å². The molecule has 0 bridgehead atoms. The van der Waals surface area contributed by atoms with Gasteiger partial charge in [-0.1, -0.05) is 50.0 Å². The van der Waals surface area contributed by atoms with Crippen LogP contribution in [0.3, 0.4) is 0 Å². The summed E-state index contributed by atoms with van der Waals surface area (Å²) in [5.41, 5.74) is 9.33. The molecule has 1 aromatic carbocycles. The van der Waals surface area contributed by atoms with E-state index in [0.29, 0.717) is 48.2 Å². The molecule has 0 unspecified atom stereocenters. The van der Waals surface area contributed by atoms with Crippen LogP contribution in [0.2, 0.25) is 0 Å². The number of benzene rings is 1. The van der Waals surface area contributed by atoms with Crippen LogP contribution < -0.4 is 15.8 Å². The molecule has 48 heavy (non-hydrogen) atoms. The summed E-state index contributed by atoms with van der Waals surface area (Å²) < 4.78 is 5.58. The third kappa shape index (κ3) is 7.88. The number of hydrogen-bond acceptors (Lipinski definition) is 9. The maximum Gasteiger partial charge on any atom is 0.170 e. The van der Waals surface area contributed by atoms with E-state index in [1.807, 2.05) is 42.6 Å². The largest absolute Gasteiger partial charge is 0.504 e. The van der Waals surface area contributed by atoms with Gasteiger partial charge in [-0.15, -0.1) is 0 Å². The number of allylic oxidation sites excluding steroid dienone is 3. The van der Waals surface area contributed by atoms with Crippen molar-refractivity contribution in [3.8, 4) is 11.5 Å². The first-order valence-corrected chi connectivity index (χ1v) is 17.3. The molecule has 0 saturated heterocycles. The number of nitrogens with one attached hydrogen (secondary N) is 2. The summed E-state index contributed by atoms with van der Waals surface area (Å²) >= 11 is 0. The summed E-state index contributed by atoms with van der Waals surface area (Å²) in [6, 6.07) is 7.35. The molecule has 2 aliphatic carbocycles. The number of rotatable bonds is 16. The number of aryl methyl sites for hydroxylation is 1. The van der Waals surface area contributed by atoms with Gasteiger partial charge in [-0.2, -0.15) is 0 Å². The Hall–Kier alpha value is -3.86. The van der Waals surface area contributed by atoms with Gasteiger partial charge in [-0.3, -0.25) is 9.59 Å². The molecule has 10 nitrogen and oxygen atoms in total. The van der Waals surface area contributed by atoms with Crippen LogP contribution in [0.25, 0.3) is 0 Å². The highest BCUT2D eigenvalue weighted by Gasteiger charge is 2.45. The lowest BCUT2D eigenvalue weighted by molar-refractivity contribution is -0.138. The Morgan fingerprint density at radius 1 is 1.12 bits per heavy atom. The van der Waals surface area contributed by atoms with Crippen molar-refractivity contribution in [2.75, 3.05) is 26.9 Å². The van der Waals surface area contributed by atoms with Crippen LogP contribution in [0.4, 0.5) is 0 Å². The van der Waals surface area contributed by atoms with Crippen molar-refractivity contribution in [3.63, 3.8) is 0 Å². The zero-order valence-corrected chi connectivity index (χ0v) is 27.9. The lowest BCUT2D eigenvalue weighted by Crippen LogP contribution is -2.40. The average Bonchev–Trinajstić information content (AvgIpc) is 3.60. The van der Waals surface area contributed by atoms with Crippen LogP contribution in [0, 0.1) is 17.3 Å². The highest BCUT2D eigenvalue weighted by Crippen LogP contribution is 2.54. The number of aromatic hydroxyl groups is 1. The molecule has 0 spiro atoms. The molecule has 1 saturated carbocycles. The fourth-order valence-corrected chi connectivity index (χ4v) is 8.02. The number of aromatic nitrogens is 1. The predicted octanol–water partition coefficient (Wildman–Crippen LogP) is 4.09. The Kier molecular flexibility index (Phi) is 11.8. The van der Waals surface area contributed by atoms with Gasteiger partial charge >= 0.3 is 0 Å². The number of ether oxygens (including phenoxy) is 1. The van der Waals surface area contributed by atoms with Gasteiger partial charge in [0.15, 0.2) is 29.2 Å². The third-order valence-corrected chi connectivity index (χ3v) is 10.6. The summed E-state index contributed by atoms with van der Waals surface area (Å²) in [5, 5.41) is 45.6. The number of dihydropyridines is 1. The number of Topliss-reactive ketones (excluding diaryl/α,β-unsaturated/α-hetero) is 2. The molecule has 3 aliphatic rings. The Morgan fingerprint density at radius 3 is 2.60 bits per heavy atom. The van der Waals surface area contributed by atoms with E-state index in [1.165, 1.54) is 7.11 Å². The molecule has 5 atom stereocenters. The van der Waals surface area contributed by atoms with Crippen LogP contribution in [0.5, 0.6) is 11.5 Å². The molecule has 2 heterocycles. The van der Waals surface area contributed by atoms with Crippen LogP contribution in [0.15, 0.2) is 65.7 Å². The van der Waals surface area contributed by atoms with Gasteiger partial charge in [0.05, 0.1) is 13.7 Å². The van der Waals surface area contributed by atoms with Crippen LogP contribution in [-0.4, -0.2) is 69.9 Å². The van der Waals surface area contributed by atoms with Gasteiger partial charge in [-0.25, -0.2) is 0 Å². The molecule has 1 aromatic heterocycles. The molecule has 2 aromatic rings. The summed E-state index contributed by atoms with van der Waals surface area (Å²) in [4.78, 5) is 29.1. The summed E-state index contributed by atoms with van der Waals surface area (Å²) in [6.45, 7) is 0.483. The van der Waals surface area contributed by atoms with E-state index in [0.717, 1.165) is 55.4 Å². The number of carbonyl (C=O) groups is 2. The number of fused-ring (bicyclic) bond motifs is 1. The monoisotopic (exact) mass is 661 g/mol. The fraction of sp³-hybridized carbons (Fsp3) is 0.526. The molecule has 0 radical (unpaired) electrons. The number of phenolic OH excluding ortho intramolecular Hbond substituents is 1. The predicted molar refractivity (Wildman–Crippen MR) is 183 cm³/mol. The van der Waals surface area contributed by atoms with Gasteiger partial charge < -0.3 is 41.2 Å². The summed E-state index contributed by atoms with van der Waals surface area (Å²) in [5.74, 6) is 0.235. The first-order chi connectivity index (χ1) is 23.2. The normalized spacial score (nSPS) is 24.4. The molecule has 8 N–H and O–H groups in total. The van der Waals surface area contributed by atoms with E-state index < -0.39 is 29.0 Å². The molecular formula is C38H51N3O7. The standard InChI is InChI=1S/C38H51N3O7/c1-48-33-21-26(10-11-32(45)36(47)31(44)9-3-7-24-5-2-6-25(19-24)14-18-42)20-30(35(33)46)34-28-13-17-41-37(39)29(28)12-15-38(34,23-43)22-27-8-4-16-40-27/h4,8,12-13,15-16,20-21,24-25,34,36,40-43,46-47H,2-3,5-7,9-11,14,17-19,22-23,39H2,1H3/t24-,25-,34+,36-,38+/m1/s1. The van der Waals surface area contributed by atoms with Crippen molar-refractivity contribution in [1.29, 1.82) is 0 Å². The Balaban J connectivity index is 1.31.